The predicted molar refractivity (Wildman–Crippen MR) is 110 cm³/mol. The molecule has 0 radical (unpaired) electrons. The fourth-order valence-corrected chi connectivity index (χ4v) is 2.56. The summed E-state index contributed by atoms with van der Waals surface area (Å²) in [4.78, 5) is 4.24. The minimum Gasteiger partial charge on any atom is -0.486 e. The zero-order valence-electron chi connectivity index (χ0n) is 14.8. The molecule has 1 unspecified atom stereocenters. The van der Waals surface area contributed by atoms with Crippen molar-refractivity contribution in [1.29, 1.82) is 0 Å². The molecule has 1 aliphatic rings. The molecule has 142 valence electrons. The summed E-state index contributed by atoms with van der Waals surface area (Å²) < 4.78 is 13.6. The van der Waals surface area contributed by atoms with Crippen molar-refractivity contribution < 1.29 is 9.47 Å². The van der Waals surface area contributed by atoms with E-state index in [0.717, 1.165) is 43.4 Å². The number of hydrogen-bond donors (Lipinski definition) is 2. The second kappa shape index (κ2) is 10.8. The van der Waals surface area contributed by atoms with Gasteiger partial charge in [0.25, 0.3) is 0 Å². The van der Waals surface area contributed by atoms with Crippen LogP contribution in [0.2, 0.25) is 0 Å². The summed E-state index contributed by atoms with van der Waals surface area (Å²) in [6, 6.07) is 7.72. The minimum atomic E-state index is -0.0396. The zero-order valence-corrected chi connectivity index (χ0v) is 17.1. The molecule has 0 amide bonds. The third-order valence-electron chi connectivity index (χ3n) is 3.89. The molecule has 0 bridgehead atoms. The molecule has 2 aromatic rings. The van der Waals surface area contributed by atoms with Crippen LogP contribution in [-0.4, -0.2) is 53.6 Å². The van der Waals surface area contributed by atoms with E-state index in [1.165, 1.54) is 0 Å². The largest absolute Gasteiger partial charge is 0.486 e. The number of halogens is 1. The van der Waals surface area contributed by atoms with Gasteiger partial charge in [-0.05, 0) is 25.0 Å². The van der Waals surface area contributed by atoms with Crippen molar-refractivity contribution in [3.8, 4) is 11.5 Å². The number of guanidine groups is 1. The average Bonchev–Trinajstić information content (AvgIpc) is 3.17. The fourth-order valence-electron chi connectivity index (χ4n) is 2.56. The summed E-state index contributed by atoms with van der Waals surface area (Å²) in [5.74, 6) is 2.36. The van der Waals surface area contributed by atoms with E-state index in [2.05, 4.69) is 25.8 Å². The van der Waals surface area contributed by atoms with Gasteiger partial charge < -0.3 is 24.7 Å². The van der Waals surface area contributed by atoms with Crippen molar-refractivity contribution in [2.75, 3.05) is 26.7 Å². The maximum absolute atomic E-state index is 5.93. The number of nitrogens with zero attached hydrogens (tertiary/aromatic N) is 4. The number of fused-ring (bicyclic) bond motifs is 1. The van der Waals surface area contributed by atoms with E-state index in [-0.39, 0.29) is 30.1 Å². The molecule has 1 aromatic heterocycles. The highest BCUT2D eigenvalue weighted by Crippen LogP contribution is 2.30. The number of aliphatic imine (C=N–C) groups is 1. The van der Waals surface area contributed by atoms with Crippen LogP contribution in [0.3, 0.4) is 0 Å². The van der Waals surface area contributed by atoms with Gasteiger partial charge in [0.15, 0.2) is 17.5 Å². The molecule has 2 heterocycles. The van der Waals surface area contributed by atoms with Crippen LogP contribution in [-0.2, 0) is 6.54 Å². The molecule has 0 saturated carbocycles. The highest BCUT2D eigenvalue weighted by Gasteiger charge is 2.20. The Hall–Kier alpha value is -2.04. The lowest BCUT2D eigenvalue weighted by atomic mass is 10.2. The summed E-state index contributed by atoms with van der Waals surface area (Å²) >= 11 is 0. The number of rotatable bonds is 7. The SMILES string of the molecule is CN=C(NCCCCn1cnnc1)NCC1COc2ccccc2O1.I. The summed E-state index contributed by atoms with van der Waals surface area (Å²) in [6.07, 6.45) is 5.52. The Labute approximate surface area is 170 Å². The first-order valence-corrected chi connectivity index (χ1v) is 8.50. The second-order valence-corrected chi connectivity index (χ2v) is 5.78. The van der Waals surface area contributed by atoms with Crippen molar-refractivity contribution in [1.82, 2.24) is 25.4 Å². The second-order valence-electron chi connectivity index (χ2n) is 5.78. The van der Waals surface area contributed by atoms with Gasteiger partial charge in [-0.2, -0.15) is 0 Å². The van der Waals surface area contributed by atoms with E-state index < -0.39 is 0 Å². The molecule has 1 atom stereocenters. The number of unbranched alkanes of at least 4 members (excludes halogenated alkanes) is 1. The Kier molecular flexibility index (Phi) is 8.45. The molecule has 26 heavy (non-hydrogen) atoms. The Morgan fingerprint density at radius 1 is 1.19 bits per heavy atom. The fraction of sp³-hybridized carbons (Fsp3) is 0.471. The van der Waals surface area contributed by atoms with Gasteiger partial charge in [0.2, 0.25) is 0 Å². The van der Waals surface area contributed by atoms with Crippen LogP contribution in [0.15, 0.2) is 41.9 Å². The minimum absolute atomic E-state index is 0. The summed E-state index contributed by atoms with van der Waals surface area (Å²) in [7, 11) is 1.76. The van der Waals surface area contributed by atoms with Gasteiger partial charge in [0.1, 0.15) is 25.4 Å². The number of aromatic nitrogens is 3. The smallest absolute Gasteiger partial charge is 0.191 e. The Morgan fingerprint density at radius 3 is 2.73 bits per heavy atom. The number of aryl methyl sites for hydroxylation is 1. The van der Waals surface area contributed by atoms with Gasteiger partial charge in [-0.15, -0.1) is 34.2 Å². The highest BCUT2D eigenvalue weighted by molar-refractivity contribution is 14.0. The van der Waals surface area contributed by atoms with Crippen LogP contribution in [0.25, 0.3) is 0 Å². The molecule has 0 fully saturated rings. The molecular weight excluding hydrogens is 447 g/mol. The number of hydrogen-bond acceptors (Lipinski definition) is 5. The van der Waals surface area contributed by atoms with Crippen molar-refractivity contribution >= 4 is 29.9 Å². The van der Waals surface area contributed by atoms with Gasteiger partial charge in [0.05, 0.1) is 6.54 Å². The van der Waals surface area contributed by atoms with E-state index in [1.54, 1.807) is 19.7 Å². The molecule has 9 heteroatoms. The standard InChI is InChI=1S/C17H24N6O2.HI/c1-18-17(19-8-4-5-9-23-12-21-22-13-23)20-10-14-11-24-15-6-2-3-7-16(15)25-14;/h2-3,6-7,12-14H,4-5,8-11H2,1H3,(H2,18,19,20);1H. The van der Waals surface area contributed by atoms with Crippen molar-refractivity contribution in [3.63, 3.8) is 0 Å². The van der Waals surface area contributed by atoms with Gasteiger partial charge in [0, 0.05) is 20.1 Å². The molecule has 3 rings (SSSR count). The van der Waals surface area contributed by atoms with E-state index in [0.29, 0.717) is 13.2 Å². The van der Waals surface area contributed by atoms with Gasteiger partial charge >= 0.3 is 0 Å². The average molecular weight is 472 g/mol. The zero-order chi connectivity index (χ0) is 17.3. The molecule has 0 saturated heterocycles. The lowest BCUT2D eigenvalue weighted by molar-refractivity contribution is 0.0936. The van der Waals surface area contributed by atoms with E-state index >= 15 is 0 Å². The van der Waals surface area contributed by atoms with Crippen LogP contribution in [0, 0.1) is 0 Å². The Balaban J connectivity index is 0.00000243. The molecule has 1 aromatic carbocycles. The van der Waals surface area contributed by atoms with Crippen LogP contribution in [0.1, 0.15) is 12.8 Å². The van der Waals surface area contributed by atoms with Crippen molar-refractivity contribution in [2.24, 2.45) is 4.99 Å². The summed E-state index contributed by atoms with van der Waals surface area (Å²) in [5.41, 5.74) is 0. The topological polar surface area (TPSA) is 85.6 Å². The Bertz CT molecular complexity index is 680. The molecule has 0 aliphatic carbocycles. The molecule has 2 N–H and O–H groups in total. The van der Waals surface area contributed by atoms with Crippen LogP contribution in [0.5, 0.6) is 11.5 Å². The first-order chi connectivity index (χ1) is 12.3. The third kappa shape index (κ3) is 6.04. The summed E-state index contributed by atoms with van der Waals surface area (Å²) in [5, 5.41) is 14.2. The van der Waals surface area contributed by atoms with Gasteiger partial charge in [-0.25, -0.2) is 0 Å². The maximum Gasteiger partial charge on any atom is 0.191 e. The molecule has 0 spiro atoms. The maximum atomic E-state index is 5.93. The lowest BCUT2D eigenvalue weighted by Gasteiger charge is -2.27. The van der Waals surface area contributed by atoms with E-state index in [4.69, 9.17) is 9.47 Å². The Morgan fingerprint density at radius 2 is 1.96 bits per heavy atom. The van der Waals surface area contributed by atoms with Crippen LogP contribution in [0.4, 0.5) is 0 Å². The molecular formula is C17H25IN6O2. The van der Waals surface area contributed by atoms with Crippen molar-refractivity contribution in [3.05, 3.63) is 36.9 Å². The van der Waals surface area contributed by atoms with Crippen molar-refractivity contribution in [2.45, 2.75) is 25.5 Å². The molecule has 1 aliphatic heterocycles. The number of benzene rings is 1. The first-order valence-electron chi connectivity index (χ1n) is 8.50. The third-order valence-corrected chi connectivity index (χ3v) is 3.89. The predicted octanol–water partition coefficient (Wildman–Crippen LogP) is 1.68. The first kappa shape index (κ1) is 20.3. The lowest BCUT2D eigenvalue weighted by Crippen LogP contribution is -2.45. The summed E-state index contributed by atoms with van der Waals surface area (Å²) in [6.45, 7) is 2.94. The van der Waals surface area contributed by atoms with Gasteiger partial charge in [-0.1, -0.05) is 12.1 Å². The van der Waals surface area contributed by atoms with E-state index in [1.807, 2.05) is 28.8 Å². The number of nitrogens with one attached hydrogen (secondary N) is 2. The molecule has 8 nitrogen and oxygen atoms in total. The monoisotopic (exact) mass is 472 g/mol. The quantitative estimate of drug-likeness (QED) is 0.276. The van der Waals surface area contributed by atoms with E-state index in [9.17, 15) is 0 Å². The normalized spacial score (nSPS) is 15.9. The van der Waals surface area contributed by atoms with Gasteiger partial charge in [-0.3, -0.25) is 4.99 Å². The number of ether oxygens (including phenoxy) is 2. The van der Waals surface area contributed by atoms with Crippen LogP contribution < -0.4 is 20.1 Å². The van der Waals surface area contributed by atoms with Crippen LogP contribution >= 0.6 is 24.0 Å². The number of para-hydroxylation sites is 2. The highest BCUT2D eigenvalue weighted by atomic mass is 127.